The molecule has 0 aromatic heterocycles. The van der Waals surface area contributed by atoms with Crippen molar-refractivity contribution >= 4 is 93.9 Å². The molecule has 6 aliphatic rings. The third-order valence-corrected chi connectivity index (χ3v) is 23.8. The van der Waals surface area contributed by atoms with Crippen molar-refractivity contribution in [1.29, 1.82) is 0 Å². The van der Waals surface area contributed by atoms with Gasteiger partial charge in [-0.2, -0.15) is 0 Å². The zero-order valence-corrected chi connectivity index (χ0v) is 72.1. The van der Waals surface area contributed by atoms with Gasteiger partial charge in [-0.05, 0) is 193 Å². The van der Waals surface area contributed by atoms with Crippen LogP contribution < -0.4 is 22.1 Å². The molecule has 2 saturated heterocycles. The number of carbonyl (C=O) groups excluding carboxylic acids is 6. The molecule has 0 aliphatic carbocycles. The van der Waals surface area contributed by atoms with Crippen LogP contribution in [0.3, 0.4) is 0 Å². The summed E-state index contributed by atoms with van der Waals surface area (Å²) in [6.45, 7) is 22.6. The molecule has 636 valence electrons. The first-order valence-corrected chi connectivity index (χ1v) is 43.9. The zero-order chi connectivity index (χ0) is 86.5. The second-order valence-electron chi connectivity index (χ2n) is 32.7. The van der Waals surface area contributed by atoms with Crippen molar-refractivity contribution in [3.8, 4) is 33.4 Å². The summed E-state index contributed by atoms with van der Waals surface area (Å²) >= 11 is 0. The Balaban J connectivity index is 0.000000159. The maximum atomic E-state index is 13.4. The van der Waals surface area contributed by atoms with Crippen LogP contribution in [-0.2, 0) is 32.8 Å². The summed E-state index contributed by atoms with van der Waals surface area (Å²) in [7, 11) is 0. The summed E-state index contributed by atoms with van der Waals surface area (Å²) < 4.78 is 0. The van der Waals surface area contributed by atoms with Crippen LogP contribution in [0, 0.1) is 0 Å². The standard InChI is InChI=1S/C36H42N4O3.C34H39N5O2.C33H36N4O2/c1-3-18-39(19-4-2)35(43)30-22-29-15-14-28(23-32(29)38-33(37)24-30)26-10-12-27(13-11-26)34(42)40-20-16-36(25-41,17-21-40)31-8-6-5-7-9-31;1-3-16-38(17-4-2)34(41)29-22-28-15-14-27(23-31(28)36-32(35)24-29)25-10-12-26(13-11-25)33(40)39-20-18-37(19-21-39)30-8-6-5-7-9-30;1-3-16-36(17-4-2)33(39)29-19-27-14-13-26(20-30(27)35-31(34)21-29)24-9-11-25(12-10-24)32(38)37-18-15-23-7-5-6-8-28(23)22-37/h5-15,22-23,41H,3-4,16-21,24-25H2,1-2H3,(H2,37,38);5-15,22-23H,3-4,16-21,24H2,1-2H3,(H2,35,36);5-14,19-20H,3-4,15-18,21-22H2,1-2H3,(H2,34,35). The molecule has 20 nitrogen and oxygen atoms in total. The van der Waals surface area contributed by atoms with Crippen molar-refractivity contribution in [3.05, 3.63) is 279 Å². The number of anilines is 1. The number of piperazine rings is 1. The van der Waals surface area contributed by atoms with E-state index in [2.05, 4.69) is 104 Å². The highest BCUT2D eigenvalue weighted by molar-refractivity contribution is 6.08. The number of fused-ring (bicyclic) bond motifs is 4. The van der Waals surface area contributed by atoms with E-state index in [9.17, 15) is 33.9 Å². The van der Waals surface area contributed by atoms with E-state index in [0.717, 1.165) is 189 Å². The number of hydrogen-bond donors (Lipinski definition) is 4. The lowest BCUT2D eigenvalue weighted by Crippen LogP contribution is -2.48. The minimum atomic E-state index is -0.299. The van der Waals surface area contributed by atoms with Gasteiger partial charge in [-0.15, -0.1) is 0 Å². The highest BCUT2D eigenvalue weighted by Crippen LogP contribution is 2.39. The Hall–Kier alpha value is -12.8. The van der Waals surface area contributed by atoms with Crippen LogP contribution in [-0.4, -0.2) is 179 Å². The van der Waals surface area contributed by atoms with Crippen LogP contribution in [0.2, 0.25) is 0 Å². The molecule has 0 unspecified atom stereocenters. The number of aliphatic hydroxyl groups excluding tert-OH is 1. The van der Waals surface area contributed by atoms with E-state index in [1.54, 1.807) is 0 Å². The molecule has 0 radical (unpaired) electrons. The fourth-order valence-electron chi connectivity index (χ4n) is 17.2. The molecule has 2 fully saturated rings. The number of para-hydroxylation sites is 1. The Kier molecular flexibility index (Phi) is 29.8. The number of benzene rings is 9. The van der Waals surface area contributed by atoms with Gasteiger partial charge in [-0.25, -0.2) is 15.0 Å². The van der Waals surface area contributed by atoms with Crippen LogP contribution in [0.15, 0.2) is 244 Å². The first-order chi connectivity index (χ1) is 59.8. The van der Waals surface area contributed by atoms with Gasteiger partial charge in [-0.3, -0.25) is 28.8 Å². The summed E-state index contributed by atoms with van der Waals surface area (Å²) in [4.78, 5) is 107. The Bertz CT molecular complexity index is 5430. The number of aliphatic imine (C=N–C) groups is 3. The Labute approximate surface area is 724 Å². The molecule has 6 heterocycles. The lowest BCUT2D eigenvalue weighted by atomic mass is 9.73. The predicted octanol–water partition coefficient (Wildman–Crippen LogP) is 17.7. The molecule has 9 aromatic rings. The number of likely N-dealkylation sites (tertiary alicyclic amines) is 1. The number of amides is 6. The number of nitrogens with zero attached hydrogens (tertiary/aromatic N) is 10. The number of carbonyl (C=O) groups is 6. The van der Waals surface area contributed by atoms with E-state index in [1.165, 1.54) is 16.8 Å². The molecule has 20 heteroatoms. The maximum Gasteiger partial charge on any atom is 0.254 e. The topological polar surface area (TPSA) is 260 Å². The molecule has 0 atom stereocenters. The van der Waals surface area contributed by atoms with E-state index >= 15 is 0 Å². The minimum absolute atomic E-state index is 0.00739. The fourth-order valence-corrected chi connectivity index (χ4v) is 17.2. The smallest absolute Gasteiger partial charge is 0.254 e. The van der Waals surface area contributed by atoms with Gasteiger partial charge in [0.15, 0.2) is 0 Å². The Morgan fingerprint density at radius 2 is 0.691 bits per heavy atom. The van der Waals surface area contributed by atoms with E-state index < -0.39 is 0 Å². The molecule has 7 N–H and O–H groups in total. The average Bonchev–Trinajstić information content (AvgIpc) is 1.77. The highest BCUT2D eigenvalue weighted by atomic mass is 16.3. The van der Waals surface area contributed by atoms with E-state index in [0.29, 0.717) is 103 Å². The van der Waals surface area contributed by atoms with Gasteiger partial charge in [0.05, 0.1) is 23.7 Å². The number of hydrogen-bond acceptors (Lipinski definition) is 14. The molecule has 6 amide bonds. The average molecular weight is 1650 g/mol. The van der Waals surface area contributed by atoms with E-state index in [1.807, 2.05) is 217 Å². The molecule has 9 aromatic carbocycles. The van der Waals surface area contributed by atoms with E-state index in [4.69, 9.17) is 17.2 Å². The Morgan fingerprint density at radius 3 is 1.05 bits per heavy atom. The van der Waals surface area contributed by atoms with Gasteiger partial charge < -0.3 is 56.6 Å². The predicted molar refractivity (Wildman–Crippen MR) is 499 cm³/mol. The Morgan fingerprint density at radius 1 is 0.366 bits per heavy atom. The number of piperidine rings is 1. The van der Waals surface area contributed by atoms with Crippen LogP contribution in [0.5, 0.6) is 0 Å². The molecule has 0 spiro atoms. The molecular weight excluding hydrogens is 1530 g/mol. The second kappa shape index (κ2) is 41.6. The van der Waals surface area contributed by atoms with Crippen LogP contribution in [0.25, 0.3) is 51.6 Å². The van der Waals surface area contributed by atoms with Crippen molar-refractivity contribution < 1.29 is 33.9 Å². The van der Waals surface area contributed by atoms with Crippen molar-refractivity contribution in [2.45, 2.75) is 131 Å². The monoisotopic (exact) mass is 1650 g/mol. The zero-order valence-electron chi connectivity index (χ0n) is 72.1. The summed E-state index contributed by atoms with van der Waals surface area (Å²) in [6, 6.07) is 70.0. The summed E-state index contributed by atoms with van der Waals surface area (Å²) in [6.07, 6.45) is 14.6. The van der Waals surface area contributed by atoms with Gasteiger partial charge in [0.2, 0.25) is 17.7 Å². The third kappa shape index (κ3) is 21.6. The largest absolute Gasteiger partial charge is 0.395 e. The normalized spacial score (nSPS) is 15.2. The van der Waals surface area contributed by atoms with Crippen molar-refractivity contribution in [2.24, 2.45) is 32.2 Å². The molecule has 6 aliphatic heterocycles. The molecule has 0 bridgehead atoms. The molecular formula is C103H117N13O7. The van der Waals surface area contributed by atoms with Gasteiger partial charge in [0, 0.05) is 172 Å². The summed E-state index contributed by atoms with van der Waals surface area (Å²) in [5.41, 5.74) is 38.2. The summed E-state index contributed by atoms with van der Waals surface area (Å²) in [5, 5.41) is 10.2. The van der Waals surface area contributed by atoms with Gasteiger partial charge in [0.1, 0.15) is 17.5 Å². The van der Waals surface area contributed by atoms with Gasteiger partial charge in [0.25, 0.3) is 17.7 Å². The van der Waals surface area contributed by atoms with E-state index in [-0.39, 0.29) is 47.5 Å². The van der Waals surface area contributed by atoms with Gasteiger partial charge >= 0.3 is 0 Å². The van der Waals surface area contributed by atoms with Crippen molar-refractivity contribution in [2.75, 3.05) is 96.6 Å². The van der Waals surface area contributed by atoms with Crippen molar-refractivity contribution in [1.82, 2.24) is 29.4 Å². The molecule has 123 heavy (non-hydrogen) atoms. The second-order valence-corrected chi connectivity index (χ2v) is 32.7. The van der Waals surface area contributed by atoms with Crippen molar-refractivity contribution in [3.63, 3.8) is 0 Å². The van der Waals surface area contributed by atoms with Crippen LogP contribution in [0.1, 0.15) is 177 Å². The number of amidine groups is 3. The molecule has 0 saturated carbocycles. The number of aliphatic hydroxyl groups is 1. The minimum Gasteiger partial charge on any atom is -0.395 e. The van der Waals surface area contributed by atoms with Crippen LogP contribution >= 0.6 is 0 Å². The lowest BCUT2D eigenvalue weighted by molar-refractivity contribution is -0.128. The third-order valence-electron chi connectivity index (χ3n) is 23.8. The SMILES string of the molecule is CCCN(CCC)C(=O)C1=Cc2ccc(-c3ccc(C(=O)N4CCC(CO)(c5ccccc5)CC4)cc3)cc2N=C(N)C1.CCCN(CCC)C(=O)C1=Cc2ccc(-c3ccc(C(=O)N4CCN(c5ccccc5)CC4)cc3)cc2N=C(N)C1.CCCN(CCC)C(=O)C1=Cc2ccc(-c3ccc(C(=O)N4CCc5ccccc5C4)cc3)cc2N=C(N)C1. The number of rotatable bonds is 24. The highest BCUT2D eigenvalue weighted by Gasteiger charge is 2.38. The van der Waals surface area contributed by atoms with Gasteiger partial charge in [-0.1, -0.05) is 187 Å². The number of nitrogens with two attached hydrogens (primary N) is 3. The summed E-state index contributed by atoms with van der Waals surface area (Å²) in [5.74, 6) is 1.50. The molecule has 15 rings (SSSR count). The van der Waals surface area contributed by atoms with Crippen LogP contribution in [0.4, 0.5) is 22.7 Å². The fraction of sp³-hybridized carbons (Fsp3) is 0.330. The first kappa shape index (κ1) is 88.0. The first-order valence-electron chi connectivity index (χ1n) is 43.9. The lowest BCUT2D eigenvalue weighted by Gasteiger charge is -2.41. The maximum absolute atomic E-state index is 13.4. The quantitative estimate of drug-likeness (QED) is 0.0442.